The average Bonchev–Trinajstić information content (AvgIpc) is 2.89. The predicted octanol–water partition coefficient (Wildman–Crippen LogP) is 1.72. The molecule has 0 amide bonds. The van der Waals surface area contributed by atoms with E-state index in [9.17, 15) is 8.42 Å². The molecule has 1 aromatic heterocycles. The SMILES string of the molecule is CCNCc1sc(C2CCS(=O)(=O)C2)nc1CC. The van der Waals surface area contributed by atoms with Crippen LogP contribution in [0.25, 0.3) is 0 Å². The van der Waals surface area contributed by atoms with Crippen LogP contribution in [0.3, 0.4) is 0 Å². The van der Waals surface area contributed by atoms with Crippen LogP contribution < -0.4 is 5.32 Å². The zero-order valence-corrected chi connectivity index (χ0v) is 12.5. The van der Waals surface area contributed by atoms with Gasteiger partial charge in [0, 0.05) is 17.3 Å². The maximum Gasteiger partial charge on any atom is 0.151 e. The Labute approximate surface area is 113 Å². The molecule has 1 aromatic rings. The number of aryl methyl sites for hydroxylation is 1. The van der Waals surface area contributed by atoms with Gasteiger partial charge in [0.1, 0.15) is 0 Å². The van der Waals surface area contributed by atoms with Crippen LogP contribution in [0, 0.1) is 0 Å². The van der Waals surface area contributed by atoms with Crippen molar-refractivity contribution >= 4 is 21.2 Å². The highest BCUT2D eigenvalue weighted by Crippen LogP contribution is 2.33. The summed E-state index contributed by atoms with van der Waals surface area (Å²) in [6.45, 7) is 5.96. The predicted molar refractivity (Wildman–Crippen MR) is 74.9 cm³/mol. The molecule has 0 radical (unpaired) electrons. The zero-order chi connectivity index (χ0) is 13.2. The largest absolute Gasteiger partial charge is 0.312 e. The zero-order valence-electron chi connectivity index (χ0n) is 10.9. The van der Waals surface area contributed by atoms with Gasteiger partial charge in [-0.2, -0.15) is 0 Å². The number of aromatic nitrogens is 1. The Balaban J connectivity index is 2.17. The van der Waals surface area contributed by atoms with Crippen LogP contribution in [-0.4, -0.2) is 31.5 Å². The molecule has 102 valence electrons. The standard InChI is InChI=1S/C12H20N2O2S2/c1-3-10-11(7-13-4-2)17-12(14-10)9-5-6-18(15,16)8-9/h9,13H,3-8H2,1-2H3. The number of hydrogen-bond donors (Lipinski definition) is 1. The quantitative estimate of drug-likeness (QED) is 0.896. The van der Waals surface area contributed by atoms with Crippen molar-refractivity contribution in [1.82, 2.24) is 10.3 Å². The lowest BCUT2D eigenvalue weighted by atomic mass is 10.1. The smallest absolute Gasteiger partial charge is 0.151 e. The number of sulfone groups is 1. The summed E-state index contributed by atoms with van der Waals surface area (Å²) in [5.74, 6) is 0.728. The Morgan fingerprint density at radius 2 is 2.22 bits per heavy atom. The number of rotatable bonds is 5. The van der Waals surface area contributed by atoms with Crippen molar-refractivity contribution in [2.45, 2.75) is 39.2 Å². The normalized spacial score (nSPS) is 22.4. The summed E-state index contributed by atoms with van der Waals surface area (Å²) in [6.07, 6.45) is 1.65. The Kier molecular flexibility index (Phi) is 4.40. The highest BCUT2D eigenvalue weighted by Gasteiger charge is 2.31. The molecule has 2 heterocycles. The minimum atomic E-state index is -2.82. The molecule has 4 nitrogen and oxygen atoms in total. The number of hydrogen-bond acceptors (Lipinski definition) is 5. The van der Waals surface area contributed by atoms with Gasteiger partial charge in [-0.1, -0.05) is 13.8 Å². The number of thiazole rings is 1. The molecular formula is C12H20N2O2S2. The van der Waals surface area contributed by atoms with Crippen LogP contribution in [0.5, 0.6) is 0 Å². The lowest BCUT2D eigenvalue weighted by Gasteiger charge is -2.01. The molecular weight excluding hydrogens is 268 g/mol. The summed E-state index contributed by atoms with van der Waals surface area (Å²) in [6, 6.07) is 0. The van der Waals surface area contributed by atoms with Gasteiger partial charge in [0.25, 0.3) is 0 Å². The molecule has 1 N–H and O–H groups in total. The van der Waals surface area contributed by atoms with Crippen LogP contribution >= 0.6 is 11.3 Å². The van der Waals surface area contributed by atoms with Gasteiger partial charge in [0.15, 0.2) is 9.84 Å². The van der Waals surface area contributed by atoms with Gasteiger partial charge in [0.05, 0.1) is 22.2 Å². The molecule has 1 saturated heterocycles. The van der Waals surface area contributed by atoms with Crippen molar-refractivity contribution in [3.63, 3.8) is 0 Å². The Morgan fingerprint density at radius 3 is 2.78 bits per heavy atom. The van der Waals surface area contributed by atoms with E-state index in [1.54, 1.807) is 11.3 Å². The summed E-state index contributed by atoms with van der Waals surface area (Å²) in [5, 5.41) is 4.33. The molecule has 0 aliphatic carbocycles. The molecule has 2 rings (SSSR count). The van der Waals surface area contributed by atoms with Crippen LogP contribution in [0.4, 0.5) is 0 Å². The molecule has 0 aromatic carbocycles. The van der Waals surface area contributed by atoms with Crippen LogP contribution in [-0.2, 0) is 22.8 Å². The fraction of sp³-hybridized carbons (Fsp3) is 0.750. The van der Waals surface area contributed by atoms with Crippen molar-refractivity contribution in [3.8, 4) is 0 Å². The molecule has 1 unspecified atom stereocenters. The maximum absolute atomic E-state index is 11.5. The summed E-state index contributed by atoms with van der Waals surface area (Å²) in [5.41, 5.74) is 1.13. The molecule has 1 aliphatic heterocycles. The first-order valence-electron chi connectivity index (χ1n) is 6.45. The van der Waals surface area contributed by atoms with E-state index in [1.807, 2.05) is 0 Å². The molecule has 1 aliphatic rings. The summed E-state index contributed by atoms with van der Waals surface area (Å²) < 4.78 is 23.0. The Bertz CT molecular complexity index is 508. The van der Waals surface area contributed by atoms with Crippen LogP contribution in [0.1, 0.15) is 41.8 Å². The van der Waals surface area contributed by atoms with Crippen LogP contribution in [0.15, 0.2) is 0 Å². The third-order valence-electron chi connectivity index (χ3n) is 3.25. The van der Waals surface area contributed by atoms with E-state index in [0.717, 1.165) is 36.6 Å². The summed E-state index contributed by atoms with van der Waals surface area (Å²) in [7, 11) is -2.82. The first-order valence-corrected chi connectivity index (χ1v) is 9.09. The second-order valence-electron chi connectivity index (χ2n) is 4.66. The summed E-state index contributed by atoms with van der Waals surface area (Å²) >= 11 is 1.68. The lowest BCUT2D eigenvalue weighted by Crippen LogP contribution is -2.11. The van der Waals surface area contributed by atoms with E-state index in [2.05, 4.69) is 24.1 Å². The average molecular weight is 288 g/mol. The molecule has 0 bridgehead atoms. The Hall–Kier alpha value is -0.460. The van der Waals surface area contributed by atoms with Crippen molar-refractivity contribution in [3.05, 3.63) is 15.6 Å². The topological polar surface area (TPSA) is 59.1 Å². The minimum absolute atomic E-state index is 0.126. The van der Waals surface area contributed by atoms with Crippen molar-refractivity contribution < 1.29 is 8.42 Å². The fourth-order valence-corrected chi connectivity index (χ4v) is 5.33. The van der Waals surface area contributed by atoms with Crippen molar-refractivity contribution in [2.75, 3.05) is 18.1 Å². The van der Waals surface area contributed by atoms with Gasteiger partial charge in [0.2, 0.25) is 0 Å². The van der Waals surface area contributed by atoms with Crippen LogP contribution in [0.2, 0.25) is 0 Å². The van der Waals surface area contributed by atoms with Crippen molar-refractivity contribution in [1.29, 1.82) is 0 Å². The molecule has 18 heavy (non-hydrogen) atoms. The monoisotopic (exact) mass is 288 g/mol. The van der Waals surface area contributed by atoms with E-state index >= 15 is 0 Å². The molecule has 1 fully saturated rings. The van der Waals surface area contributed by atoms with E-state index in [1.165, 1.54) is 4.88 Å². The molecule has 6 heteroatoms. The van der Waals surface area contributed by atoms with Crippen molar-refractivity contribution in [2.24, 2.45) is 0 Å². The summed E-state index contributed by atoms with van der Waals surface area (Å²) in [4.78, 5) is 5.91. The van der Waals surface area contributed by atoms with E-state index in [4.69, 9.17) is 0 Å². The third kappa shape index (κ3) is 3.10. The highest BCUT2D eigenvalue weighted by atomic mass is 32.2. The van der Waals surface area contributed by atoms with E-state index in [-0.39, 0.29) is 11.7 Å². The van der Waals surface area contributed by atoms with E-state index < -0.39 is 9.84 Å². The number of nitrogens with zero attached hydrogens (tertiary/aromatic N) is 1. The van der Waals surface area contributed by atoms with E-state index in [0.29, 0.717) is 5.75 Å². The van der Waals surface area contributed by atoms with Gasteiger partial charge in [-0.15, -0.1) is 11.3 Å². The molecule has 0 spiro atoms. The fourth-order valence-electron chi connectivity index (χ4n) is 2.22. The van der Waals surface area contributed by atoms with Gasteiger partial charge in [-0.25, -0.2) is 13.4 Å². The first-order chi connectivity index (χ1) is 8.55. The molecule has 1 atom stereocenters. The van der Waals surface area contributed by atoms with Gasteiger partial charge in [-0.3, -0.25) is 0 Å². The minimum Gasteiger partial charge on any atom is -0.312 e. The first kappa shape index (κ1) is 14.0. The molecule has 0 saturated carbocycles. The van der Waals surface area contributed by atoms with Gasteiger partial charge >= 0.3 is 0 Å². The Morgan fingerprint density at radius 1 is 1.44 bits per heavy atom. The lowest BCUT2D eigenvalue weighted by molar-refractivity contribution is 0.601. The van der Waals surface area contributed by atoms with Gasteiger partial charge in [-0.05, 0) is 19.4 Å². The second kappa shape index (κ2) is 5.67. The van der Waals surface area contributed by atoms with Gasteiger partial charge < -0.3 is 5.32 Å². The highest BCUT2D eigenvalue weighted by molar-refractivity contribution is 7.91. The second-order valence-corrected chi connectivity index (χ2v) is 8.00. The maximum atomic E-state index is 11.5. The third-order valence-corrected chi connectivity index (χ3v) is 6.27. The number of nitrogens with one attached hydrogen (secondary N) is 1.